The molecule has 138 valence electrons. The van der Waals surface area contributed by atoms with E-state index in [1.54, 1.807) is 0 Å². The maximum absolute atomic E-state index is 11.2. The van der Waals surface area contributed by atoms with Crippen molar-refractivity contribution in [3.05, 3.63) is 25.5 Å². The zero-order valence-electron chi connectivity index (χ0n) is 15.0. The molecular weight excluding hydrogens is 304 g/mol. The Bertz CT molecular complexity index is 363. The first-order valence-corrected chi connectivity index (χ1v) is 9.25. The van der Waals surface area contributed by atoms with Crippen molar-refractivity contribution in [3.8, 4) is 0 Å². The van der Waals surface area contributed by atoms with Gasteiger partial charge in [-0.3, -0.25) is 9.59 Å². The van der Waals surface area contributed by atoms with Gasteiger partial charge < -0.3 is 9.84 Å². The number of aliphatic carboxylic acids is 1. The molecule has 1 N–H and O–H groups in total. The minimum absolute atomic E-state index is 0.205. The van der Waals surface area contributed by atoms with Gasteiger partial charge in [-0.25, -0.2) is 0 Å². The van der Waals surface area contributed by atoms with Crippen molar-refractivity contribution in [2.75, 3.05) is 0 Å². The first kappa shape index (κ1) is 22.4. The average Bonchev–Trinajstić information content (AvgIpc) is 2.55. The van der Waals surface area contributed by atoms with Crippen molar-refractivity contribution in [2.24, 2.45) is 5.92 Å². The van der Waals surface area contributed by atoms with E-state index in [-0.39, 0.29) is 5.97 Å². The van der Waals surface area contributed by atoms with Crippen LogP contribution in [0.25, 0.3) is 0 Å². The lowest BCUT2D eigenvalue weighted by molar-refractivity contribution is -0.138. The summed E-state index contributed by atoms with van der Waals surface area (Å²) >= 11 is 0. The Morgan fingerprint density at radius 3 is 1.88 bits per heavy atom. The van der Waals surface area contributed by atoms with Gasteiger partial charge in [0.15, 0.2) is 0 Å². The lowest BCUT2D eigenvalue weighted by atomic mass is 9.94. The molecule has 0 fully saturated rings. The first-order chi connectivity index (χ1) is 11.6. The molecule has 0 radical (unpaired) electrons. The summed E-state index contributed by atoms with van der Waals surface area (Å²) in [4.78, 5) is 21.6. The minimum atomic E-state index is -0.692. The van der Waals surface area contributed by atoms with Crippen LogP contribution in [0.15, 0.2) is 25.5 Å². The molecule has 1 atom stereocenters. The van der Waals surface area contributed by atoms with Gasteiger partial charge in [0.05, 0.1) is 6.26 Å². The van der Waals surface area contributed by atoms with Crippen LogP contribution in [-0.4, -0.2) is 17.0 Å². The summed E-state index contributed by atoms with van der Waals surface area (Å²) in [6.07, 6.45) is 15.9. The highest BCUT2D eigenvalue weighted by Gasteiger charge is 2.06. The Morgan fingerprint density at radius 2 is 1.33 bits per heavy atom. The predicted octanol–water partition coefficient (Wildman–Crippen LogP) is 5.63. The summed E-state index contributed by atoms with van der Waals surface area (Å²) in [5.74, 6) is -0.359. The van der Waals surface area contributed by atoms with Crippen LogP contribution in [0, 0.1) is 5.92 Å². The Morgan fingerprint density at radius 1 is 0.833 bits per heavy atom. The SMILES string of the molecule is C=COC(=O)CCCCC(C=C)CCCCCCCCCC(=O)O. The highest BCUT2D eigenvalue weighted by Crippen LogP contribution is 2.19. The maximum Gasteiger partial charge on any atom is 0.310 e. The third kappa shape index (κ3) is 15.3. The Labute approximate surface area is 147 Å². The van der Waals surface area contributed by atoms with Crippen LogP contribution in [0.1, 0.15) is 83.5 Å². The second kappa shape index (κ2) is 16.3. The molecule has 0 aliphatic heterocycles. The summed E-state index contributed by atoms with van der Waals surface area (Å²) < 4.78 is 4.69. The third-order valence-corrected chi connectivity index (χ3v) is 4.22. The normalized spacial score (nSPS) is 11.7. The Kier molecular flexibility index (Phi) is 15.2. The van der Waals surface area contributed by atoms with E-state index in [2.05, 4.69) is 17.9 Å². The molecule has 0 spiro atoms. The number of carbonyl (C=O) groups is 2. The molecule has 4 nitrogen and oxygen atoms in total. The number of allylic oxidation sites excluding steroid dienone is 1. The molecule has 0 aliphatic rings. The lowest BCUT2D eigenvalue weighted by Crippen LogP contribution is -2.01. The zero-order chi connectivity index (χ0) is 18.0. The number of ether oxygens (including phenoxy) is 1. The highest BCUT2D eigenvalue weighted by molar-refractivity contribution is 5.69. The quantitative estimate of drug-likeness (QED) is 0.161. The fourth-order valence-electron chi connectivity index (χ4n) is 2.77. The Hall–Kier alpha value is -1.58. The number of carboxylic acids is 1. The first-order valence-electron chi connectivity index (χ1n) is 9.25. The van der Waals surface area contributed by atoms with Gasteiger partial charge in [-0.1, -0.05) is 57.6 Å². The van der Waals surface area contributed by atoms with Gasteiger partial charge >= 0.3 is 11.9 Å². The average molecular weight is 338 g/mol. The van der Waals surface area contributed by atoms with Crippen LogP contribution < -0.4 is 0 Å². The van der Waals surface area contributed by atoms with Crippen LogP contribution in [-0.2, 0) is 14.3 Å². The molecule has 0 aliphatic carbocycles. The number of hydrogen-bond acceptors (Lipinski definition) is 3. The fourth-order valence-corrected chi connectivity index (χ4v) is 2.77. The van der Waals surface area contributed by atoms with Crippen molar-refractivity contribution in [2.45, 2.75) is 83.5 Å². The van der Waals surface area contributed by atoms with E-state index in [4.69, 9.17) is 5.11 Å². The van der Waals surface area contributed by atoms with Gasteiger partial charge in [-0.2, -0.15) is 0 Å². The number of unbranched alkanes of at least 4 members (excludes halogenated alkanes) is 7. The molecule has 0 aromatic heterocycles. The Balaban J connectivity index is 3.45. The van der Waals surface area contributed by atoms with E-state index in [1.165, 1.54) is 38.4 Å². The molecule has 0 aromatic carbocycles. The summed E-state index contributed by atoms with van der Waals surface area (Å²) in [6, 6.07) is 0. The molecule has 0 heterocycles. The van der Waals surface area contributed by atoms with E-state index in [0.717, 1.165) is 38.5 Å². The van der Waals surface area contributed by atoms with Crippen molar-refractivity contribution in [1.82, 2.24) is 0 Å². The summed E-state index contributed by atoms with van der Waals surface area (Å²) in [5.41, 5.74) is 0. The monoisotopic (exact) mass is 338 g/mol. The third-order valence-electron chi connectivity index (χ3n) is 4.22. The number of esters is 1. The molecule has 0 bridgehead atoms. The van der Waals surface area contributed by atoms with Gasteiger partial charge in [-0.15, -0.1) is 6.58 Å². The molecule has 24 heavy (non-hydrogen) atoms. The molecular formula is C20H34O4. The number of hydrogen-bond donors (Lipinski definition) is 1. The minimum Gasteiger partial charge on any atom is -0.481 e. The van der Waals surface area contributed by atoms with Gasteiger partial charge in [0.1, 0.15) is 0 Å². The van der Waals surface area contributed by atoms with E-state index < -0.39 is 5.97 Å². The fraction of sp³-hybridized carbons (Fsp3) is 0.700. The van der Waals surface area contributed by atoms with Crippen LogP contribution >= 0.6 is 0 Å². The summed E-state index contributed by atoms with van der Waals surface area (Å²) in [5, 5.41) is 8.56. The second-order valence-corrected chi connectivity index (χ2v) is 6.31. The van der Waals surface area contributed by atoms with Crippen molar-refractivity contribution in [1.29, 1.82) is 0 Å². The van der Waals surface area contributed by atoms with E-state index in [9.17, 15) is 9.59 Å². The molecule has 0 saturated carbocycles. The van der Waals surface area contributed by atoms with Crippen LogP contribution in [0.4, 0.5) is 0 Å². The topological polar surface area (TPSA) is 63.6 Å². The molecule has 0 saturated heterocycles. The molecule has 1 unspecified atom stereocenters. The zero-order valence-corrected chi connectivity index (χ0v) is 15.0. The molecule has 4 heteroatoms. The summed E-state index contributed by atoms with van der Waals surface area (Å²) in [7, 11) is 0. The highest BCUT2D eigenvalue weighted by atomic mass is 16.5. The smallest absolute Gasteiger partial charge is 0.310 e. The second-order valence-electron chi connectivity index (χ2n) is 6.31. The molecule has 0 aromatic rings. The van der Waals surface area contributed by atoms with Crippen molar-refractivity contribution >= 4 is 11.9 Å². The lowest BCUT2D eigenvalue weighted by Gasteiger charge is -2.12. The van der Waals surface area contributed by atoms with Crippen molar-refractivity contribution in [3.63, 3.8) is 0 Å². The van der Waals surface area contributed by atoms with Crippen molar-refractivity contribution < 1.29 is 19.4 Å². The number of rotatable bonds is 17. The van der Waals surface area contributed by atoms with E-state index >= 15 is 0 Å². The summed E-state index contributed by atoms with van der Waals surface area (Å²) in [6.45, 7) is 7.28. The standard InChI is InChI=1S/C20H34O4/c1-3-18(15-12-13-17-20(23)24-4-2)14-10-8-6-5-7-9-11-16-19(21)22/h3-4,18H,1-2,5-17H2,(H,21,22). The number of carboxylic acid groups (broad SMARTS) is 1. The maximum atomic E-state index is 11.2. The van der Waals surface area contributed by atoms with Gasteiger partial charge in [-0.05, 0) is 31.6 Å². The van der Waals surface area contributed by atoms with Crippen LogP contribution in [0.3, 0.4) is 0 Å². The van der Waals surface area contributed by atoms with E-state index in [1.807, 2.05) is 6.08 Å². The largest absolute Gasteiger partial charge is 0.481 e. The predicted molar refractivity (Wildman–Crippen MR) is 97.6 cm³/mol. The molecule has 0 amide bonds. The number of carbonyl (C=O) groups excluding carboxylic acids is 1. The van der Waals surface area contributed by atoms with Crippen LogP contribution in [0.2, 0.25) is 0 Å². The van der Waals surface area contributed by atoms with Gasteiger partial charge in [0.25, 0.3) is 0 Å². The van der Waals surface area contributed by atoms with Crippen LogP contribution in [0.5, 0.6) is 0 Å². The van der Waals surface area contributed by atoms with E-state index in [0.29, 0.717) is 18.8 Å². The molecule has 0 rings (SSSR count). The van der Waals surface area contributed by atoms with Gasteiger partial charge in [0, 0.05) is 12.8 Å². The van der Waals surface area contributed by atoms with Gasteiger partial charge in [0.2, 0.25) is 0 Å².